The van der Waals surface area contributed by atoms with E-state index in [9.17, 15) is 4.79 Å². The first kappa shape index (κ1) is 22.5. The van der Waals surface area contributed by atoms with Gasteiger partial charge in [0.25, 0.3) is 0 Å². The van der Waals surface area contributed by atoms with Crippen molar-refractivity contribution < 1.29 is 14.3 Å². The number of carbonyl (C=O) groups excluding carboxylic acids is 1. The molecule has 0 saturated heterocycles. The molecule has 1 atom stereocenters. The van der Waals surface area contributed by atoms with Crippen molar-refractivity contribution in [2.24, 2.45) is 0 Å². The number of fused-ring (bicyclic) bond motifs is 3. The van der Waals surface area contributed by atoms with Crippen molar-refractivity contribution in [1.29, 1.82) is 0 Å². The molecule has 1 aliphatic carbocycles. The summed E-state index contributed by atoms with van der Waals surface area (Å²) < 4.78 is 11.5. The predicted molar refractivity (Wildman–Crippen MR) is 131 cm³/mol. The normalized spacial score (nSPS) is 13.4. The van der Waals surface area contributed by atoms with Crippen LogP contribution in [0.1, 0.15) is 43.4 Å². The molecule has 1 N–H and O–H groups in total. The van der Waals surface area contributed by atoms with E-state index < -0.39 is 12.1 Å². The predicted octanol–water partition coefficient (Wildman–Crippen LogP) is 5.95. The lowest BCUT2D eigenvalue weighted by atomic mass is 9.98. The van der Waals surface area contributed by atoms with Crippen LogP contribution in [0, 0.1) is 12.3 Å². The molecule has 1 aliphatic rings. The van der Waals surface area contributed by atoms with E-state index in [1.54, 1.807) is 0 Å². The molecule has 0 saturated carbocycles. The van der Waals surface area contributed by atoms with Gasteiger partial charge in [-0.15, -0.1) is 6.42 Å². The molecule has 4 rings (SSSR count). The van der Waals surface area contributed by atoms with Crippen molar-refractivity contribution in [1.82, 2.24) is 5.32 Å². The molecule has 0 bridgehead atoms. The molecule has 168 valence electrons. The Kier molecular flexibility index (Phi) is 6.42. The van der Waals surface area contributed by atoms with E-state index in [2.05, 4.69) is 35.5 Å². The van der Waals surface area contributed by atoms with Crippen LogP contribution in [0.2, 0.25) is 0 Å². The molecule has 1 amide bonds. The largest absolute Gasteiger partial charge is 0.488 e. The topological polar surface area (TPSA) is 47.6 Å². The van der Waals surface area contributed by atoms with Crippen molar-refractivity contribution in [3.8, 4) is 29.2 Å². The van der Waals surface area contributed by atoms with E-state index >= 15 is 0 Å². The Labute approximate surface area is 195 Å². The van der Waals surface area contributed by atoms with E-state index in [0.717, 1.165) is 11.3 Å². The van der Waals surface area contributed by atoms with Crippen LogP contribution in [0.3, 0.4) is 0 Å². The van der Waals surface area contributed by atoms with Gasteiger partial charge in [0.1, 0.15) is 18.0 Å². The Bertz CT molecular complexity index is 1120. The van der Waals surface area contributed by atoms with Gasteiger partial charge in [-0.2, -0.15) is 0 Å². The van der Waals surface area contributed by atoms with Gasteiger partial charge in [-0.25, -0.2) is 4.79 Å². The van der Waals surface area contributed by atoms with Gasteiger partial charge < -0.3 is 14.8 Å². The van der Waals surface area contributed by atoms with Crippen molar-refractivity contribution >= 4 is 6.09 Å². The number of hydrogen-bond donors (Lipinski definition) is 1. The third kappa shape index (κ3) is 5.38. The number of terminal acetylenes is 1. The first-order valence-electron chi connectivity index (χ1n) is 11.2. The minimum Gasteiger partial charge on any atom is -0.488 e. The van der Waals surface area contributed by atoms with E-state index in [0.29, 0.717) is 6.42 Å². The summed E-state index contributed by atoms with van der Waals surface area (Å²) in [6.45, 7) is 6.28. The summed E-state index contributed by atoms with van der Waals surface area (Å²) in [5.74, 6) is 3.47. The van der Waals surface area contributed by atoms with Crippen molar-refractivity contribution in [3.05, 3.63) is 89.5 Å². The molecule has 0 aliphatic heterocycles. The molecule has 4 nitrogen and oxygen atoms in total. The summed E-state index contributed by atoms with van der Waals surface area (Å²) in [6, 6.07) is 23.8. The van der Waals surface area contributed by atoms with Crippen LogP contribution in [-0.2, 0) is 11.2 Å². The fourth-order valence-corrected chi connectivity index (χ4v) is 4.22. The van der Waals surface area contributed by atoms with Gasteiger partial charge in [0.15, 0.2) is 0 Å². The summed E-state index contributed by atoms with van der Waals surface area (Å²) in [4.78, 5) is 12.5. The number of amides is 1. The number of benzene rings is 3. The monoisotopic (exact) mass is 439 g/mol. The lowest BCUT2D eigenvalue weighted by molar-refractivity contribution is 0.131. The van der Waals surface area contributed by atoms with Gasteiger partial charge in [-0.3, -0.25) is 0 Å². The second kappa shape index (κ2) is 9.42. The molecule has 0 radical (unpaired) electrons. The third-order valence-electron chi connectivity index (χ3n) is 5.62. The molecule has 0 heterocycles. The maximum atomic E-state index is 12.5. The smallest absolute Gasteiger partial charge is 0.408 e. The Morgan fingerprint density at radius 2 is 1.55 bits per heavy atom. The van der Waals surface area contributed by atoms with Crippen LogP contribution < -0.4 is 10.1 Å². The SMILES string of the molecule is C#C[C@H](Cc1ccc(OC(C)(C)C)cc1)NC(=O)OCC1c2ccccc2-c2ccccc21. The zero-order chi connectivity index (χ0) is 23.4. The zero-order valence-electron chi connectivity index (χ0n) is 19.3. The van der Waals surface area contributed by atoms with Gasteiger partial charge in [0.2, 0.25) is 0 Å². The molecule has 3 aromatic rings. The summed E-state index contributed by atoms with van der Waals surface area (Å²) in [5, 5.41) is 2.81. The van der Waals surface area contributed by atoms with Crippen molar-refractivity contribution in [2.45, 2.75) is 44.8 Å². The van der Waals surface area contributed by atoms with Crippen LogP contribution in [0.4, 0.5) is 4.79 Å². The average Bonchev–Trinajstić information content (AvgIpc) is 3.11. The van der Waals surface area contributed by atoms with E-state index in [-0.39, 0.29) is 18.1 Å². The minimum atomic E-state index is -0.507. The van der Waals surface area contributed by atoms with Gasteiger partial charge in [-0.1, -0.05) is 66.6 Å². The molecular weight excluding hydrogens is 410 g/mol. The Morgan fingerprint density at radius 1 is 0.970 bits per heavy atom. The third-order valence-corrected chi connectivity index (χ3v) is 5.62. The molecule has 0 unspecified atom stereocenters. The van der Waals surface area contributed by atoms with Crippen molar-refractivity contribution in [2.75, 3.05) is 6.61 Å². The lowest BCUT2D eigenvalue weighted by Crippen LogP contribution is -2.36. The van der Waals surface area contributed by atoms with Crippen LogP contribution >= 0.6 is 0 Å². The van der Waals surface area contributed by atoms with Crippen LogP contribution in [0.15, 0.2) is 72.8 Å². The van der Waals surface area contributed by atoms with Gasteiger partial charge in [0.05, 0.1) is 6.04 Å². The van der Waals surface area contributed by atoms with Crippen LogP contribution in [-0.4, -0.2) is 24.3 Å². The first-order valence-corrected chi connectivity index (χ1v) is 11.2. The summed E-state index contributed by atoms with van der Waals surface area (Å²) in [5.41, 5.74) is 5.51. The Morgan fingerprint density at radius 3 is 2.09 bits per heavy atom. The number of alkyl carbamates (subject to hydrolysis) is 1. The Hall–Kier alpha value is -3.71. The second-order valence-electron chi connectivity index (χ2n) is 9.25. The number of ether oxygens (including phenoxy) is 2. The molecule has 33 heavy (non-hydrogen) atoms. The summed E-state index contributed by atoms with van der Waals surface area (Å²) >= 11 is 0. The highest BCUT2D eigenvalue weighted by atomic mass is 16.5. The van der Waals surface area contributed by atoms with E-state index in [1.807, 2.05) is 69.3 Å². The minimum absolute atomic E-state index is 0.0165. The average molecular weight is 440 g/mol. The van der Waals surface area contributed by atoms with Crippen molar-refractivity contribution in [3.63, 3.8) is 0 Å². The summed E-state index contributed by atoms with van der Waals surface area (Å²) in [7, 11) is 0. The zero-order valence-corrected chi connectivity index (χ0v) is 19.3. The standard InChI is InChI=1S/C29H29NO3/c1-5-21(18-20-14-16-22(17-15-20)33-29(2,3)4)30-28(31)32-19-27-25-12-8-6-10-23(25)24-11-7-9-13-26(24)27/h1,6-17,21,27H,18-19H2,2-4H3,(H,30,31)/t21-/m1/s1. The number of nitrogens with one attached hydrogen (secondary N) is 1. The maximum Gasteiger partial charge on any atom is 0.408 e. The highest BCUT2D eigenvalue weighted by molar-refractivity contribution is 5.79. The Balaban J connectivity index is 1.35. The van der Waals surface area contributed by atoms with Crippen LogP contribution in [0.25, 0.3) is 11.1 Å². The number of carbonyl (C=O) groups is 1. The molecule has 0 spiro atoms. The maximum absolute atomic E-state index is 12.5. The number of hydrogen-bond acceptors (Lipinski definition) is 3. The van der Waals surface area contributed by atoms with Gasteiger partial charge >= 0.3 is 6.09 Å². The molecule has 4 heteroatoms. The number of rotatable bonds is 6. The first-order chi connectivity index (χ1) is 15.8. The van der Waals surface area contributed by atoms with Gasteiger partial charge in [0, 0.05) is 12.3 Å². The summed E-state index contributed by atoms with van der Waals surface area (Å²) in [6.07, 6.45) is 5.69. The molecule has 0 fully saturated rings. The van der Waals surface area contributed by atoms with E-state index in [1.165, 1.54) is 22.3 Å². The molecular formula is C29H29NO3. The highest BCUT2D eigenvalue weighted by Gasteiger charge is 2.29. The lowest BCUT2D eigenvalue weighted by Gasteiger charge is -2.21. The second-order valence-corrected chi connectivity index (χ2v) is 9.25. The van der Waals surface area contributed by atoms with E-state index in [4.69, 9.17) is 15.9 Å². The fraction of sp³-hybridized carbons (Fsp3) is 0.276. The highest BCUT2D eigenvalue weighted by Crippen LogP contribution is 2.44. The quantitative estimate of drug-likeness (QED) is 0.483. The van der Waals surface area contributed by atoms with Crippen LogP contribution in [0.5, 0.6) is 5.75 Å². The molecule has 0 aromatic heterocycles. The van der Waals surface area contributed by atoms with Gasteiger partial charge in [-0.05, 0) is 60.7 Å². The fourth-order valence-electron chi connectivity index (χ4n) is 4.22. The molecule has 3 aromatic carbocycles.